The lowest BCUT2D eigenvalue weighted by atomic mass is 10.2. The van der Waals surface area contributed by atoms with E-state index in [4.69, 9.17) is 0 Å². The molecule has 0 fully saturated rings. The molecule has 0 aliphatic carbocycles. The van der Waals surface area contributed by atoms with E-state index in [1.54, 1.807) is 12.1 Å². The predicted molar refractivity (Wildman–Crippen MR) is 44.6 cm³/mol. The molecule has 1 radical (unpaired) electrons. The molecule has 12 heavy (non-hydrogen) atoms. The van der Waals surface area contributed by atoms with E-state index in [0.29, 0.717) is 12.1 Å². The normalized spacial score (nSPS) is 9.42. The molecule has 3 nitrogen and oxygen atoms in total. The minimum atomic E-state index is -0.199. The molecule has 0 heterocycles. The summed E-state index contributed by atoms with van der Waals surface area (Å²) in [6.45, 7) is 2.40. The summed E-state index contributed by atoms with van der Waals surface area (Å²) in [4.78, 5) is 11.1. The highest BCUT2D eigenvalue weighted by atomic mass is 16.3. The van der Waals surface area contributed by atoms with Crippen molar-refractivity contribution in [3.63, 3.8) is 0 Å². The van der Waals surface area contributed by atoms with Crippen molar-refractivity contribution in [1.29, 1.82) is 0 Å². The molecule has 0 bridgehead atoms. The minimum Gasteiger partial charge on any atom is -0.352 e. The molecule has 0 atom stereocenters. The van der Waals surface area contributed by atoms with Crippen molar-refractivity contribution in [3.05, 3.63) is 29.8 Å². The van der Waals surface area contributed by atoms with E-state index in [0.717, 1.165) is 0 Å². The molecule has 0 saturated heterocycles. The predicted octanol–water partition coefficient (Wildman–Crippen LogP) is 1.58. The molecule has 1 amide bonds. The summed E-state index contributed by atoms with van der Waals surface area (Å²) < 4.78 is 0. The third-order valence-electron chi connectivity index (χ3n) is 1.43. The van der Waals surface area contributed by atoms with Crippen LogP contribution in [0.3, 0.4) is 0 Å². The van der Waals surface area contributed by atoms with Crippen LogP contribution in [-0.4, -0.2) is 12.5 Å². The van der Waals surface area contributed by atoms with Gasteiger partial charge in [-0.25, -0.2) is 0 Å². The van der Waals surface area contributed by atoms with E-state index in [2.05, 4.69) is 5.32 Å². The first-order valence-corrected chi connectivity index (χ1v) is 3.79. The molecular formula is C9H10NO2. The third-order valence-corrected chi connectivity index (χ3v) is 1.43. The standard InChI is InChI=1S/C9H10NO2/c1-2-10-9(12)7-4-3-5-8(11)6-7/h3-6H,2H2,1H3,(H,10,12). The van der Waals surface area contributed by atoms with E-state index in [9.17, 15) is 9.90 Å². The van der Waals surface area contributed by atoms with Crippen LogP contribution in [0.5, 0.6) is 5.75 Å². The Morgan fingerprint density at radius 2 is 2.25 bits per heavy atom. The molecule has 63 valence electrons. The minimum absolute atomic E-state index is 0.140. The van der Waals surface area contributed by atoms with E-state index >= 15 is 0 Å². The zero-order valence-electron chi connectivity index (χ0n) is 6.83. The first-order chi connectivity index (χ1) is 5.74. The Hall–Kier alpha value is -1.51. The highest BCUT2D eigenvalue weighted by Crippen LogP contribution is 2.11. The summed E-state index contributed by atoms with van der Waals surface area (Å²) in [6, 6.07) is 5.94. The van der Waals surface area contributed by atoms with E-state index in [-0.39, 0.29) is 11.7 Å². The van der Waals surface area contributed by atoms with Crippen LogP contribution in [0, 0.1) is 0 Å². The molecule has 0 unspecified atom stereocenters. The van der Waals surface area contributed by atoms with Gasteiger partial charge >= 0.3 is 0 Å². The summed E-state index contributed by atoms with van der Waals surface area (Å²) in [7, 11) is 0. The molecule has 1 N–H and O–H groups in total. The zero-order chi connectivity index (χ0) is 8.97. The van der Waals surface area contributed by atoms with Crippen molar-refractivity contribution in [2.24, 2.45) is 0 Å². The van der Waals surface area contributed by atoms with Crippen molar-refractivity contribution in [3.8, 4) is 5.75 Å². The van der Waals surface area contributed by atoms with Gasteiger partial charge in [0.2, 0.25) is 0 Å². The van der Waals surface area contributed by atoms with Gasteiger partial charge in [-0.1, -0.05) is 6.07 Å². The van der Waals surface area contributed by atoms with Crippen LogP contribution in [0.1, 0.15) is 17.3 Å². The number of amides is 1. The monoisotopic (exact) mass is 164 g/mol. The number of benzene rings is 1. The Labute approximate surface area is 71.0 Å². The van der Waals surface area contributed by atoms with Gasteiger partial charge in [0.1, 0.15) is 0 Å². The van der Waals surface area contributed by atoms with Gasteiger partial charge in [0.25, 0.3) is 5.91 Å². The molecule has 0 aliphatic heterocycles. The fraction of sp³-hybridized carbons (Fsp3) is 0.222. The number of carbonyl (C=O) groups is 1. The molecule has 0 aromatic heterocycles. The molecule has 1 rings (SSSR count). The number of nitrogens with one attached hydrogen (secondary N) is 1. The molecule has 0 saturated carbocycles. The van der Waals surface area contributed by atoms with Crippen LogP contribution in [0.4, 0.5) is 0 Å². The van der Waals surface area contributed by atoms with Crippen molar-refractivity contribution in [2.75, 3.05) is 6.54 Å². The maximum Gasteiger partial charge on any atom is 0.251 e. The fourth-order valence-electron chi connectivity index (χ4n) is 0.900. The highest BCUT2D eigenvalue weighted by Gasteiger charge is 2.03. The van der Waals surface area contributed by atoms with Crippen molar-refractivity contribution >= 4 is 5.91 Å². The van der Waals surface area contributed by atoms with Crippen LogP contribution in [0.2, 0.25) is 0 Å². The van der Waals surface area contributed by atoms with E-state index in [1.807, 2.05) is 6.92 Å². The Morgan fingerprint density at radius 3 is 2.83 bits per heavy atom. The molecule has 0 spiro atoms. The fourth-order valence-corrected chi connectivity index (χ4v) is 0.900. The Balaban J connectivity index is 2.81. The van der Waals surface area contributed by atoms with Gasteiger partial charge in [0.05, 0.1) is 0 Å². The SMILES string of the molecule is CCNC(=O)c1cccc([O])c1. The Bertz CT molecular complexity index is 284. The second kappa shape index (κ2) is 3.76. The lowest BCUT2D eigenvalue weighted by Crippen LogP contribution is -2.22. The molecule has 1 aromatic carbocycles. The van der Waals surface area contributed by atoms with Crippen LogP contribution in [-0.2, 0) is 5.11 Å². The van der Waals surface area contributed by atoms with Gasteiger partial charge in [0, 0.05) is 12.1 Å². The lowest BCUT2D eigenvalue weighted by molar-refractivity contribution is 0.0955. The number of carbonyl (C=O) groups excluding carboxylic acids is 1. The molecule has 3 heteroatoms. The average molecular weight is 164 g/mol. The number of hydrogen-bond donors (Lipinski definition) is 1. The molecule has 1 aromatic rings. The van der Waals surface area contributed by atoms with Gasteiger partial charge in [-0.15, -0.1) is 0 Å². The summed E-state index contributed by atoms with van der Waals surface area (Å²) in [5, 5.41) is 13.4. The number of hydrogen-bond acceptors (Lipinski definition) is 1. The topological polar surface area (TPSA) is 49.0 Å². The van der Waals surface area contributed by atoms with Crippen molar-refractivity contribution < 1.29 is 9.90 Å². The van der Waals surface area contributed by atoms with Gasteiger partial charge in [-0.05, 0) is 25.1 Å². The van der Waals surface area contributed by atoms with Crippen LogP contribution < -0.4 is 5.32 Å². The summed E-state index contributed by atoms with van der Waals surface area (Å²) in [6.07, 6.45) is 0. The van der Waals surface area contributed by atoms with Crippen LogP contribution in [0.25, 0.3) is 0 Å². The van der Waals surface area contributed by atoms with E-state index in [1.165, 1.54) is 12.1 Å². The maximum atomic E-state index is 11.1. The summed E-state index contributed by atoms with van der Waals surface area (Å²) >= 11 is 0. The zero-order valence-corrected chi connectivity index (χ0v) is 6.83. The van der Waals surface area contributed by atoms with Crippen LogP contribution in [0.15, 0.2) is 24.3 Å². The quantitative estimate of drug-likeness (QED) is 0.708. The Morgan fingerprint density at radius 1 is 1.50 bits per heavy atom. The van der Waals surface area contributed by atoms with Crippen molar-refractivity contribution in [2.45, 2.75) is 6.92 Å². The smallest absolute Gasteiger partial charge is 0.251 e. The van der Waals surface area contributed by atoms with Crippen molar-refractivity contribution in [1.82, 2.24) is 5.32 Å². The highest BCUT2D eigenvalue weighted by molar-refractivity contribution is 5.94. The molecular weight excluding hydrogens is 154 g/mol. The van der Waals surface area contributed by atoms with Gasteiger partial charge in [-0.3, -0.25) is 9.90 Å². The molecule has 0 aliphatic rings. The van der Waals surface area contributed by atoms with Gasteiger partial charge < -0.3 is 5.32 Å². The van der Waals surface area contributed by atoms with Gasteiger partial charge in [-0.2, -0.15) is 0 Å². The number of rotatable bonds is 2. The third kappa shape index (κ3) is 1.99. The second-order valence-electron chi connectivity index (χ2n) is 2.39. The largest absolute Gasteiger partial charge is 0.352 e. The lowest BCUT2D eigenvalue weighted by Gasteiger charge is -2.00. The average Bonchev–Trinajstić information content (AvgIpc) is 2.05. The van der Waals surface area contributed by atoms with Gasteiger partial charge in [0.15, 0.2) is 5.75 Å². The first-order valence-electron chi connectivity index (χ1n) is 3.79. The first kappa shape index (κ1) is 8.59. The van der Waals surface area contributed by atoms with E-state index < -0.39 is 0 Å². The van der Waals surface area contributed by atoms with Crippen LogP contribution >= 0.6 is 0 Å². The summed E-state index contributed by atoms with van der Waals surface area (Å²) in [5.41, 5.74) is 0.421. The maximum absolute atomic E-state index is 11.1. The second-order valence-corrected chi connectivity index (χ2v) is 2.39. The Kier molecular flexibility index (Phi) is 2.69. The summed E-state index contributed by atoms with van der Waals surface area (Å²) in [5.74, 6) is -0.339.